The summed E-state index contributed by atoms with van der Waals surface area (Å²) < 4.78 is 41.4. The lowest BCUT2D eigenvalue weighted by atomic mass is 9.98. The van der Waals surface area contributed by atoms with Crippen molar-refractivity contribution in [2.24, 2.45) is 0 Å². The highest BCUT2D eigenvalue weighted by atomic mass is 19.4. The van der Waals surface area contributed by atoms with Crippen LogP contribution in [0.4, 0.5) is 13.2 Å². The van der Waals surface area contributed by atoms with Crippen molar-refractivity contribution in [1.29, 1.82) is 0 Å². The molecule has 1 aromatic carbocycles. The molecule has 1 N–H and O–H groups in total. The van der Waals surface area contributed by atoms with Crippen LogP contribution < -0.4 is 10.3 Å². The van der Waals surface area contributed by atoms with Crippen LogP contribution in [0.5, 0.6) is 5.75 Å². The summed E-state index contributed by atoms with van der Waals surface area (Å²) in [5.74, 6) is -0.582. The van der Waals surface area contributed by atoms with Crippen molar-refractivity contribution in [2.75, 3.05) is 0 Å². The average Bonchev–Trinajstić information content (AvgIpc) is 2.36. The number of halogens is 3. The topological polar surface area (TPSA) is 55.0 Å². The van der Waals surface area contributed by atoms with Crippen molar-refractivity contribution in [1.82, 2.24) is 9.97 Å². The SMILES string of the molecule is CC(C)c1c(-c2ccccc2OC(F)(F)F)nc[nH]c1=O. The van der Waals surface area contributed by atoms with E-state index >= 15 is 0 Å². The van der Waals surface area contributed by atoms with Gasteiger partial charge in [0.05, 0.1) is 12.0 Å². The Bertz CT molecular complexity index is 693. The molecule has 7 heteroatoms. The number of hydrogen-bond acceptors (Lipinski definition) is 3. The zero-order valence-electron chi connectivity index (χ0n) is 11.4. The molecule has 0 radical (unpaired) electrons. The van der Waals surface area contributed by atoms with E-state index < -0.39 is 6.36 Å². The molecule has 0 saturated carbocycles. The van der Waals surface area contributed by atoms with E-state index in [0.29, 0.717) is 5.56 Å². The molecule has 0 aliphatic carbocycles. The second-order valence-electron chi connectivity index (χ2n) is 4.69. The molecular formula is C14H13F3N2O2. The van der Waals surface area contributed by atoms with E-state index in [1.54, 1.807) is 19.9 Å². The second kappa shape index (κ2) is 5.59. The molecule has 0 spiro atoms. The highest BCUT2D eigenvalue weighted by molar-refractivity contribution is 5.70. The van der Waals surface area contributed by atoms with E-state index in [1.807, 2.05) is 0 Å². The van der Waals surface area contributed by atoms with Gasteiger partial charge in [-0.2, -0.15) is 0 Å². The summed E-state index contributed by atoms with van der Waals surface area (Å²) in [4.78, 5) is 18.3. The van der Waals surface area contributed by atoms with E-state index in [2.05, 4.69) is 14.7 Å². The predicted molar refractivity (Wildman–Crippen MR) is 71.1 cm³/mol. The first kappa shape index (κ1) is 15.1. The Balaban J connectivity index is 2.63. The Hall–Kier alpha value is -2.31. The van der Waals surface area contributed by atoms with Crippen molar-refractivity contribution in [3.05, 3.63) is 46.5 Å². The molecule has 0 aliphatic rings. The third-order valence-corrected chi connectivity index (χ3v) is 2.83. The summed E-state index contributed by atoms with van der Waals surface area (Å²) in [5.41, 5.74) is 0.255. The molecule has 0 fully saturated rings. The first-order chi connectivity index (χ1) is 9.79. The minimum absolute atomic E-state index is 0.129. The van der Waals surface area contributed by atoms with E-state index in [-0.39, 0.29) is 28.5 Å². The van der Waals surface area contributed by atoms with Gasteiger partial charge >= 0.3 is 6.36 Å². The predicted octanol–water partition coefficient (Wildman–Crippen LogP) is 3.46. The van der Waals surface area contributed by atoms with Crippen LogP contribution in [-0.4, -0.2) is 16.3 Å². The van der Waals surface area contributed by atoms with Crippen LogP contribution in [-0.2, 0) is 0 Å². The van der Waals surface area contributed by atoms with Crippen molar-refractivity contribution in [2.45, 2.75) is 26.1 Å². The lowest BCUT2D eigenvalue weighted by molar-refractivity contribution is -0.274. The number of nitrogens with zero attached hydrogens (tertiary/aromatic N) is 1. The van der Waals surface area contributed by atoms with Gasteiger partial charge in [-0.25, -0.2) is 4.98 Å². The fourth-order valence-corrected chi connectivity index (χ4v) is 2.04. The fraction of sp³-hybridized carbons (Fsp3) is 0.286. The molecule has 21 heavy (non-hydrogen) atoms. The molecule has 0 atom stereocenters. The zero-order valence-corrected chi connectivity index (χ0v) is 11.4. The third-order valence-electron chi connectivity index (χ3n) is 2.83. The fourth-order valence-electron chi connectivity index (χ4n) is 2.04. The number of aromatic amines is 1. The molecule has 0 saturated heterocycles. The van der Waals surface area contributed by atoms with Gasteiger partial charge in [0.1, 0.15) is 5.75 Å². The maximum atomic E-state index is 12.5. The van der Waals surface area contributed by atoms with Crippen LogP contribution in [0.3, 0.4) is 0 Å². The molecule has 112 valence electrons. The lowest BCUT2D eigenvalue weighted by Gasteiger charge is -2.15. The highest BCUT2D eigenvalue weighted by Crippen LogP contribution is 2.34. The molecule has 1 aromatic heterocycles. The van der Waals surface area contributed by atoms with E-state index in [9.17, 15) is 18.0 Å². The van der Waals surface area contributed by atoms with Crippen molar-refractivity contribution in [3.63, 3.8) is 0 Å². The van der Waals surface area contributed by atoms with E-state index in [4.69, 9.17) is 0 Å². The number of benzene rings is 1. The van der Waals surface area contributed by atoms with Gasteiger partial charge in [0.15, 0.2) is 0 Å². The molecule has 0 unspecified atom stereocenters. The van der Waals surface area contributed by atoms with Crippen LogP contribution in [0.2, 0.25) is 0 Å². The summed E-state index contributed by atoms with van der Waals surface area (Å²) in [6.07, 6.45) is -3.65. The zero-order chi connectivity index (χ0) is 15.6. The first-order valence-corrected chi connectivity index (χ1v) is 6.22. The number of hydrogen-bond donors (Lipinski definition) is 1. The highest BCUT2D eigenvalue weighted by Gasteiger charge is 2.32. The van der Waals surface area contributed by atoms with E-state index in [0.717, 1.165) is 6.33 Å². The maximum Gasteiger partial charge on any atom is 0.573 e. The number of nitrogens with one attached hydrogen (secondary N) is 1. The van der Waals surface area contributed by atoms with Crippen LogP contribution in [0.1, 0.15) is 25.3 Å². The molecular weight excluding hydrogens is 285 g/mol. The molecule has 0 aliphatic heterocycles. The second-order valence-corrected chi connectivity index (χ2v) is 4.69. The molecule has 2 aromatic rings. The van der Waals surface area contributed by atoms with Crippen molar-refractivity contribution in [3.8, 4) is 17.0 Å². The van der Waals surface area contributed by atoms with Crippen molar-refractivity contribution < 1.29 is 17.9 Å². The van der Waals surface area contributed by atoms with Gasteiger partial charge < -0.3 is 9.72 Å². The van der Waals surface area contributed by atoms with Gasteiger partial charge in [-0.3, -0.25) is 4.79 Å². The van der Waals surface area contributed by atoms with Crippen LogP contribution in [0.15, 0.2) is 35.4 Å². The van der Waals surface area contributed by atoms with Gasteiger partial charge in [0.25, 0.3) is 5.56 Å². The molecule has 0 bridgehead atoms. The Kier molecular flexibility index (Phi) is 4.02. The Morgan fingerprint density at radius 3 is 2.52 bits per heavy atom. The lowest BCUT2D eigenvalue weighted by Crippen LogP contribution is -2.19. The number of ether oxygens (including phenoxy) is 1. The Morgan fingerprint density at radius 1 is 1.24 bits per heavy atom. The summed E-state index contributed by atoms with van der Waals surface area (Å²) in [5, 5.41) is 0. The molecule has 0 amide bonds. The van der Waals surface area contributed by atoms with Crippen molar-refractivity contribution >= 4 is 0 Å². The van der Waals surface area contributed by atoms with Gasteiger partial charge in [-0.05, 0) is 18.1 Å². The molecule has 1 heterocycles. The minimum atomic E-state index is -4.81. The number of alkyl halides is 3. The number of rotatable bonds is 3. The average molecular weight is 298 g/mol. The van der Waals surface area contributed by atoms with Gasteiger partial charge in [0, 0.05) is 11.1 Å². The number of para-hydroxylation sites is 1. The first-order valence-electron chi connectivity index (χ1n) is 6.22. The van der Waals surface area contributed by atoms with Gasteiger partial charge in [0.2, 0.25) is 0 Å². The minimum Gasteiger partial charge on any atom is -0.405 e. The number of aromatic nitrogens is 2. The summed E-state index contributed by atoms with van der Waals surface area (Å²) in [6, 6.07) is 5.61. The summed E-state index contributed by atoms with van der Waals surface area (Å²) in [7, 11) is 0. The Morgan fingerprint density at radius 2 is 1.90 bits per heavy atom. The van der Waals surface area contributed by atoms with Crippen LogP contribution >= 0.6 is 0 Å². The van der Waals surface area contributed by atoms with Crippen LogP contribution in [0.25, 0.3) is 11.3 Å². The standard InChI is InChI=1S/C14H13F3N2O2/c1-8(2)11-12(18-7-19-13(11)20)9-5-3-4-6-10(9)21-14(15,16)17/h3-8H,1-2H3,(H,18,19,20). The van der Waals surface area contributed by atoms with E-state index in [1.165, 1.54) is 18.2 Å². The third kappa shape index (κ3) is 3.42. The van der Waals surface area contributed by atoms with Crippen LogP contribution in [0, 0.1) is 0 Å². The number of H-pyrrole nitrogens is 1. The largest absolute Gasteiger partial charge is 0.573 e. The smallest absolute Gasteiger partial charge is 0.405 e. The quantitative estimate of drug-likeness (QED) is 0.944. The summed E-state index contributed by atoms with van der Waals surface area (Å²) in [6.45, 7) is 3.53. The summed E-state index contributed by atoms with van der Waals surface area (Å²) >= 11 is 0. The molecule has 4 nitrogen and oxygen atoms in total. The van der Waals surface area contributed by atoms with Gasteiger partial charge in [-0.15, -0.1) is 13.2 Å². The normalized spacial score (nSPS) is 11.7. The van der Waals surface area contributed by atoms with Gasteiger partial charge in [-0.1, -0.05) is 26.0 Å². The Labute approximate surface area is 118 Å². The monoisotopic (exact) mass is 298 g/mol. The maximum absolute atomic E-state index is 12.5. The molecule has 2 rings (SSSR count).